The Morgan fingerprint density at radius 3 is 2.17 bits per heavy atom. The lowest BCUT2D eigenvalue weighted by Gasteiger charge is -2.64. The summed E-state index contributed by atoms with van der Waals surface area (Å²) in [5, 5.41) is 0. The van der Waals surface area contributed by atoms with Crippen LogP contribution in [-0.4, -0.2) is 42.2 Å². The van der Waals surface area contributed by atoms with Crippen molar-refractivity contribution in [1.29, 1.82) is 0 Å². The minimum atomic E-state index is -3.49. The Morgan fingerprint density at radius 1 is 1.12 bits per heavy atom. The molecule has 4 aliphatic carbocycles. The maximum Gasteiger partial charge on any atom is 0.377 e. The Morgan fingerprint density at radius 2 is 1.67 bits per heavy atom. The first-order valence-corrected chi connectivity index (χ1v) is 8.62. The molecule has 5 rings (SSSR count). The van der Waals surface area contributed by atoms with Gasteiger partial charge in [0.1, 0.15) is 5.60 Å². The summed E-state index contributed by atoms with van der Waals surface area (Å²) in [7, 11) is 0. The molecule has 2 unspecified atom stereocenters. The summed E-state index contributed by atoms with van der Waals surface area (Å²) in [4.78, 5) is 11.7. The summed E-state index contributed by atoms with van der Waals surface area (Å²) < 4.78 is 57.7. The predicted octanol–water partition coefficient (Wildman–Crippen LogP) is 3.23. The van der Waals surface area contributed by atoms with Gasteiger partial charge in [-0.3, -0.25) is 0 Å². The number of ether oxygens (including phenoxy) is 3. The van der Waals surface area contributed by atoms with Crippen molar-refractivity contribution in [2.45, 2.75) is 68.9 Å². The molecule has 1 saturated heterocycles. The number of rotatable bonds is 2. The van der Waals surface area contributed by atoms with Crippen LogP contribution < -0.4 is 0 Å². The molecule has 4 nitrogen and oxygen atoms in total. The van der Waals surface area contributed by atoms with Gasteiger partial charge < -0.3 is 14.2 Å². The molecule has 0 aromatic carbocycles. The van der Waals surface area contributed by atoms with Crippen molar-refractivity contribution in [2.75, 3.05) is 13.2 Å². The Bertz CT molecular complexity index is 529. The monoisotopic (exact) mass is 348 g/mol. The fraction of sp³-hybridized carbons (Fsp3) is 0.941. The van der Waals surface area contributed by atoms with E-state index >= 15 is 0 Å². The molecule has 1 spiro atoms. The van der Waals surface area contributed by atoms with E-state index in [-0.39, 0.29) is 25.0 Å². The molecular weight excluding hydrogens is 325 g/mol. The smallest absolute Gasteiger partial charge is 0.377 e. The maximum absolute atomic E-state index is 14.0. The maximum atomic E-state index is 14.0. The molecule has 2 atom stereocenters. The van der Waals surface area contributed by atoms with Crippen LogP contribution in [0.15, 0.2) is 0 Å². The summed E-state index contributed by atoms with van der Waals surface area (Å²) in [5.74, 6) is -5.56. The highest BCUT2D eigenvalue weighted by atomic mass is 19.3. The number of hydrogen-bond acceptors (Lipinski definition) is 4. The van der Waals surface area contributed by atoms with Crippen LogP contribution in [0, 0.1) is 17.8 Å². The zero-order valence-electron chi connectivity index (χ0n) is 13.9. The molecule has 0 amide bonds. The van der Waals surface area contributed by atoms with Crippen molar-refractivity contribution >= 4 is 5.97 Å². The highest BCUT2D eigenvalue weighted by molar-refractivity contribution is 5.77. The van der Waals surface area contributed by atoms with E-state index in [1.54, 1.807) is 0 Å². The first kappa shape index (κ1) is 16.6. The third kappa shape index (κ3) is 2.46. The molecular formula is C17H23F3O4. The lowest BCUT2D eigenvalue weighted by atomic mass is 9.51. The second kappa shape index (κ2) is 4.87. The van der Waals surface area contributed by atoms with Crippen LogP contribution in [0.3, 0.4) is 0 Å². The molecule has 5 aliphatic rings. The van der Waals surface area contributed by atoms with E-state index < -0.39 is 28.9 Å². The van der Waals surface area contributed by atoms with Gasteiger partial charge in [-0.2, -0.15) is 8.78 Å². The van der Waals surface area contributed by atoms with Gasteiger partial charge in [0, 0.05) is 18.8 Å². The second-order valence-electron chi connectivity index (χ2n) is 8.52. The van der Waals surface area contributed by atoms with Crippen molar-refractivity contribution in [1.82, 2.24) is 0 Å². The number of hydrogen-bond donors (Lipinski definition) is 0. The van der Waals surface area contributed by atoms with Gasteiger partial charge in [0.2, 0.25) is 0 Å². The molecule has 0 radical (unpaired) electrons. The molecule has 24 heavy (non-hydrogen) atoms. The van der Waals surface area contributed by atoms with Crippen molar-refractivity contribution in [3.05, 3.63) is 0 Å². The third-order valence-electron chi connectivity index (χ3n) is 6.14. The van der Waals surface area contributed by atoms with Crippen LogP contribution in [-0.2, 0) is 19.0 Å². The largest absolute Gasteiger partial charge is 0.455 e. The van der Waals surface area contributed by atoms with Crippen LogP contribution in [0.4, 0.5) is 13.2 Å². The van der Waals surface area contributed by atoms with E-state index in [0.717, 1.165) is 12.8 Å². The van der Waals surface area contributed by atoms with Gasteiger partial charge in [-0.05, 0) is 44.9 Å². The number of alkyl halides is 3. The quantitative estimate of drug-likeness (QED) is 0.719. The summed E-state index contributed by atoms with van der Waals surface area (Å²) >= 11 is 0. The fourth-order valence-electron chi connectivity index (χ4n) is 5.35. The molecule has 4 bridgehead atoms. The van der Waals surface area contributed by atoms with E-state index in [9.17, 15) is 18.0 Å². The third-order valence-corrected chi connectivity index (χ3v) is 6.14. The van der Waals surface area contributed by atoms with Gasteiger partial charge in [-0.1, -0.05) is 0 Å². The molecule has 7 heteroatoms. The van der Waals surface area contributed by atoms with Gasteiger partial charge in [-0.25, -0.2) is 9.18 Å². The Hall–Kier alpha value is -0.820. The standard InChI is InChI=1S/C17H23F3O4/c1-14(18)8-22-17(23-9-14)11-3-10-4-12(17)7-16(5-10,6-11)24-13(21)15(2,19)20/h10-12H,3-9H2,1-2H3. The van der Waals surface area contributed by atoms with Gasteiger partial charge in [-0.15, -0.1) is 0 Å². The van der Waals surface area contributed by atoms with Crippen molar-refractivity contribution in [3.8, 4) is 0 Å². The average molecular weight is 348 g/mol. The average Bonchev–Trinajstić information content (AvgIpc) is 2.44. The summed E-state index contributed by atoms with van der Waals surface area (Å²) in [5.41, 5.74) is -2.35. The van der Waals surface area contributed by atoms with Gasteiger partial charge in [0.05, 0.1) is 13.2 Å². The van der Waals surface area contributed by atoms with Crippen LogP contribution >= 0.6 is 0 Å². The minimum absolute atomic E-state index is 0.0233. The van der Waals surface area contributed by atoms with E-state index in [4.69, 9.17) is 14.2 Å². The normalized spacial score (nSPS) is 50.3. The Labute approximate surface area is 139 Å². The molecule has 1 aliphatic heterocycles. The van der Waals surface area contributed by atoms with Crippen molar-refractivity contribution in [3.63, 3.8) is 0 Å². The van der Waals surface area contributed by atoms with Gasteiger partial charge in [0.15, 0.2) is 11.5 Å². The van der Waals surface area contributed by atoms with Crippen LogP contribution in [0.2, 0.25) is 0 Å². The zero-order chi connectivity index (χ0) is 17.4. The lowest BCUT2D eigenvalue weighted by Crippen LogP contribution is -2.69. The first-order chi connectivity index (χ1) is 11.0. The van der Waals surface area contributed by atoms with Gasteiger partial charge in [0.25, 0.3) is 0 Å². The van der Waals surface area contributed by atoms with Gasteiger partial charge >= 0.3 is 11.9 Å². The molecule has 5 fully saturated rings. The number of carbonyl (C=O) groups excluding carboxylic acids is 1. The van der Waals surface area contributed by atoms with E-state index in [0.29, 0.717) is 32.1 Å². The summed E-state index contributed by atoms with van der Waals surface area (Å²) in [6, 6.07) is 0. The first-order valence-electron chi connectivity index (χ1n) is 8.62. The molecule has 0 aromatic heterocycles. The zero-order valence-corrected chi connectivity index (χ0v) is 13.9. The highest BCUT2D eigenvalue weighted by Crippen LogP contribution is 2.63. The van der Waals surface area contributed by atoms with Crippen LogP contribution in [0.5, 0.6) is 0 Å². The second-order valence-corrected chi connectivity index (χ2v) is 8.52. The van der Waals surface area contributed by atoms with Crippen LogP contribution in [0.1, 0.15) is 46.0 Å². The molecule has 1 heterocycles. The number of halogens is 3. The molecule has 0 aromatic rings. The SMILES string of the molecule is CC1(F)COC2(OC1)C1CC3CC2CC(OC(=O)C(C)(F)F)(C3)C1. The highest BCUT2D eigenvalue weighted by Gasteiger charge is 2.67. The fourth-order valence-corrected chi connectivity index (χ4v) is 5.35. The lowest BCUT2D eigenvalue weighted by molar-refractivity contribution is -0.391. The Balaban J connectivity index is 1.56. The molecule has 0 N–H and O–H groups in total. The topological polar surface area (TPSA) is 44.8 Å². The minimum Gasteiger partial charge on any atom is -0.455 e. The summed E-state index contributed by atoms with van der Waals surface area (Å²) in [6.45, 7) is 1.96. The number of carbonyl (C=O) groups is 1. The van der Waals surface area contributed by atoms with Crippen LogP contribution in [0.25, 0.3) is 0 Å². The van der Waals surface area contributed by atoms with E-state index in [1.165, 1.54) is 6.92 Å². The predicted molar refractivity (Wildman–Crippen MR) is 77.1 cm³/mol. The summed E-state index contributed by atoms with van der Waals surface area (Å²) in [6.07, 6.45) is 3.22. The Kier molecular flexibility index (Phi) is 3.38. The van der Waals surface area contributed by atoms with Crippen molar-refractivity contribution in [2.24, 2.45) is 17.8 Å². The van der Waals surface area contributed by atoms with Crippen molar-refractivity contribution < 1.29 is 32.2 Å². The molecule has 4 saturated carbocycles. The van der Waals surface area contributed by atoms with E-state index in [1.807, 2.05) is 0 Å². The molecule has 136 valence electrons. The van der Waals surface area contributed by atoms with E-state index in [2.05, 4.69) is 0 Å². The number of esters is 1.